The Morgan fingerprint density at radius 1 is 1.18 bits per heavy atom. The summed E-state index contributed by atoms with van der Waals surface area (Å²) in [5.74, 6) is 0.342. The molecule has 0 N–H and O–H groups in total. The van der Waals surface area contributed by atoms with Crippen LogP contribution in [0.3, 0.4) is 0 Å². The van der Waals surface area contributed by atoms with Gasteiger partial charge in [0.25, 0.3) is 0 Å². The fourth-order valence-electron chi connectivity index (χ4n) is 2.68. The van der Waals surface area contributed by atoms with Gasteiger partial charge in [-0.25, -0.2) is 4.79 Å². The second-order valence-corrected chi connectivity index (χ2v) is 5.65. The molecular weight excluding hydrogens is 278 g/mol. The zero-order valence-electron chi connectivity index (χ0n) is 13.8. The van der Waals surface area contributed by atoms with Crippen molar-refractivity contribution in [1.29, 1.82) is 0 Å². The van der Waals surface area contributed by atoms with Crippen molar-refractivity contribution in [2.75, 3.05) is 31.2 Å². The summed E-state index contributed by atoms with van der Waals surface area (Å²) in [7, 11) is 0. The molecule has 0 aromatic heterocycles. The minimum Gasteiger partial charge on any atom is -0.493 e. The van der Waals surface area contributed by atoms with Crippen LogP contribution in [-0.4, -0.2) is 32.3 Å². The summed E-state index contributed by atoms with van der Waals surface area (Å²) in [5.41, 5.74) is 1.66. The van der Waals surface area contributed by atoms with E-state index in [0.717, 1.165) is 31.6 Å². The van der Waals surface area contributed by atoms with Gasteiger partial charge in [0.05, 0.1) is 13.2 Å². The van der Waals surface area contributed by atoms with Gasteiger partial charge in [0, 0.05) is 24.8 Å². The third-order valence-electron chi connectivity index (χ3n) is 3.94. The smallest absolute Gasteiger partial charge is 0.341 e. The molecule has 1 aliphatic rings. The molecule has 0 aliphatic carbocycles. The lowest BCUT2D eigenvalue weighted by Crippen LogP contribution is -2.29. The first-order valence-electron chi connectivity index (χ1n) is 8.45. The van der Waals surface area contributed by atoms with E-state index in [0.29, 0.717) is 24.5 Å². The first-order chi connectivity index (χ1) is 10.8. The molecular formula is C18H27NO3. The Bertz CT molecular complexity index is 481. The van der Waals surface area contributed by atoms with Crippen LogP contribution < -0.4 is 9.64 Å². The fourth-order valence-corrected chi connectivity index (χ4v) is 2.68. The summed E-state index contributed by atoms with van der Waals surface area (Å²) in [6.45, 7) is 7.10. The summed E-state index contributed by atoms with van der Waals surface area (Å²) >= 11 is 0. The molecule has 0 amide bonds. The quantitative estimate of drug-likeness (QED) is 0.563. The van der Waals surface area contributed by atoms with Gasteiger partial charge >= 0.3 is 5.97 Å². The second kappa shape index (κ2) is 8.66. The number of esters is 1. The summed E-state index contributed by atoms with van der Waals surface area (Å²) in [6.07, 6.45) is 5.81. The Morgan fingerprint density at radius 3 is 2.64 bits per heavy atom. The number of carbonyl (C=O) groups excluding carboxylic acids is 1. The molecule has 122 valence electrons. The van der Waals surface area contributed by atoms with Crippen molar-refractivity contribution in [2.45, 2.75) is 46.0 Å². The zero-order valence-corrected chi connectivity index (χ0v) is 13.8. The number of hydrogen-bond donors (Lipinski definition) is 0. The molecule has 0 bridgehead atoms. The van der Waals surface area contributed by atoms with Crippen molar-refractivity contribution >= 4 is 11.7 Å². The van der Waals surface area contributed by atoms with Crippen LogP contribution in [0.4, 0.5) is 5.69 Å². The molecule has 1 heterocycles. The highest BCUT2D eigenvalue weighted by Gasteiger charge is 2.17. The Labute approximate surface area is 133 Å². The van der Waals surface area contributed by atoms with Crippen molar-refractivity contribution in [2.24, 2.45) is 0 Å². The first kappa shape index (κ1) is 16.7. The summed E-state index contributed by atoms with van der Waals surface area (Å²) in [6, 6.07) is 5.83. The van der Waals surface area contributed by atoms with Crippen LogP contribution in [-0.2, 0) is 4.74 Å². The van der Waals surface area contributed by atoms with Crippen molar-refractivity contribution in [3.63, 3.8) is 0 Å². The van der Waals surface area contributed by atoms with Crippen molar-refractivity contribution in [3.8, 4) is 5.75 Å². The van der Waals surface area contributed by atoms with E-state index in [-0.39, 0.29) is 5.97 Å². The number of rotatable bonds is 7. The Kier molecular flexibility index (Phi) is 6.56. The number of unbranched alkanes of at least 4 members (excludes halogenated alkanes) is 1. The molecule has 0 radical (unpaired) electrons. The lowest BCUT2D eigenvalue weighted by Gasteiger charge is -2.29. The number of nitrogens with zero attached hydrogens (tertiary/aromatic N) is 1. The maximum Gasteiger partial charge on any atom is 0.341 e. The highest BCUT2D eigenvalue weighted by atomic mass is 16.5. The number of carbonyl (C=O) groups is 1. The van der Waals surface area contributed by atoms with E-state index in [2.05, 4.69) is 11.8 Å². The lowest BCUT2D eigenvalue weighted by molar-refractivity contribution is 0.0521. The molecule has 1 aliphatic heterocycles. The second-order valence-electron chi connectivity index (χ2n) is 5.65. The van der Waals surface area contributed by atoms with E-state index in [4.69, 9.17) is 9.47 Å². The summed E-state index contributed by atoms with van der Waals surface area (Å²) in [4.78, 5) is 14.4. The monoisotopic (exact) mass is 305 g/mol. The molecule has 1 saturated heterocycles. The molecule has 1 aromatic carbocycles. The van der Waals surface area contributed by atoms with Gasteiger partial charge in [-0.15, -0.1) is 0 Å². The van der Waals surface area contributed by atoms with Gasteiger partial charge in [0.1, 0.15) is 11.3 Å². The third kappa shape index (κ3) is 4.39. The maximum absolute atomic E-state index is 12.1. The minimum absolute atomic E-state index is 0.306. The maximum atomic E-state index is 12.1. The van der Waals surface area contributed by atoms with Gasteiger partial charge in [0.15, 0.2) is 0 Å². The van der Waals surface area contributed by atoms with Crippen LogP contribution in [0.2, 0.25) is 0 Å². The van der Waals surface area contributed by atoms with Crippen LogP contribution in [0.1, 0.15) is 56.3 Å². The van der Waals surface area contributed by atoms with E-state index in [1.54, 1.807) is 0 Å². The molecule has 22 heavy (non-hydrogen) atoms. The predicted octanol–water partition coefficient (Wildman–Crippen LogP) is 4.03. The van der Waals surface area contributed by atoms with Gasteiger partial charge in [-0.3, -0.25) is 0 Å². The molecule has 4 nitrogen and oxygen atoms in total. The van der Waals surface area contributed by atoms with Crippen LogP contribution in [0.15, 0.2) is 18.2 Å². The number of hydrogen-bond acceptors (Lipinski definition) is 4. The van der Waals surface area contributed by atoms with Crippen LogP contribution in [0.25, 0.3) is 0 Å². The molecule has 1 fully saturated rings. The van der Waals surface area contributed by atoms with Gasteiger partial charge in [0.2, 0.25) is 0 Å². The normalized spacial score (nSPS) is 14.7. The zero-order chi connectivity index (χ0) is 15.8. The molecule has 0 unspecified atom stereocenters. The highest BCUT2D eigenvalue weighted by molar-refractivity contribution is 5.93. The SMILES string of the molecule is CCCCOc1cc(N2CCCCC2)ccc1C(=O)OCC. The minimum atomic E-state index is -0.306. The summed E-state index contributed by atoms with van der Waals surface area (Å²) < 4.78 is 11.0. The first-order valence-corrected chi connectivity index (χ1v) is 8.45. The molecule has 0 atom stereocenters. The molecule has 0 saturated carbocycles. The fraction of sp³-hybridized carbons (Fsp3) is 0.611. The van der Waals surface area contributed by atoms with E-state index in [1.165, 1.54) is 19.3 Å². The largest absolute Gasteiger partial charge is 0.493 e. The van der Waals surface area contributed by atoms with Crippen molar-refractivity contribution in [3.05, 3.63) is 23.8 Å². The topological polar surface area (TPSA) is 38.8 Å². The van der Waals surface area contributed by atoms with Crippen LogP contribution in [0.5, 0.6) is 5.75 Å². The molecule has 4 heteroatoms. The predicted molar refractivity (Wildman–Crippen MR) is 88.9 cm³/mol. The highest BCUT2D eigenvalue weighted by Crippen LogP contribution is 2.28. The average Bonchev–Trinajstić information content (AvgIpc) is 2.56. The lowest BCUT2D eigenvalue weighted by atomic mass is 10.1. The average molecular weight is 305 g/mol. The Hall–Kier alpha value is -1.71. The van der Waals surface area contributed by atoms with Crippen LogP contribution in [0, 0.1) is 0 Å². The summed E-state index contributed by atoms with van der Waals surface area (Å²) in [5, 5.41) is 0. The third-order valence-corrected chi connectivity index (χ3v) is 3.94. The van der Waals surface area contributed by atoms with E-state index < -0.39 is 0 Å². The van der Waals surface area contributed by atoms with Crippen LogP contribution >= 0.6 is 0 Å². The number of ether oxygens (including phenoxy) is 2. The molecule has 1 aromatic rings. The Morgan fingerprint density at radius 2 is 1.95 bits per heavy atom. The van der Waals surface area contributed by atoms with E-state index in [9.17, 15) is 4.79 Å². The van der Waals surface area contributed by atoms with Gasteiger partial charge in [-0.1, -0.05) is 13.3 Å². The van der Waals surface area contributed by atoms with Gasteiger partial charge in [-0.2, -0.15) is 0 Å². The van der Waals surface area contributed by atoms with Gasteiger partial charge < -0.3 is 14.4 Å². The van der Waals surface area contributed by atoms with Crippen molar-refractivity contribution in [1.82, 2.24) is 0 Å². The number of anilines is 1. The number of piperidine rings is 1. The Balaban J connectivity index is 2.19. The molecule has 2 rings (SSSR count). The van der Waals surface area contributed by atoms with E-state index in [1.807, 2.05) is 25.1 Å². The van der Waals surface area contributed by atoms with Crippen molar-refractivity contribution < 1.29 is 14.3 Å². The number of benzene rings is 1. The molecule has 0 spiro atoms. The van der Waals surface area contributed by atoms with Gasteiger partial charge in [-0.05, 0) is 44.7 Å². The standard InChI is InChI=1S/C18H27NO3/c1-3-5-13-22-17-14-15(19-11-7-6-8-12-19)9-10-16(17)18(20)21-4-2/h9-10,14H,3-8,11-13H2,1-2H3. The van der Waals surface area contributed by atoms with E-state index >= 15 is 0 Å².